The molecular weight excluding hydrogens is 530 g/mol. The number of nitrogens with one attached hydrogen (secondary N) is 2. The summed E-state index contributed by atoms with van der Waals surface area (Å²) in [4.78, 5) is 38.8. The zero-order valence-electron chi connectivity index (χ0n) is 23.0. The standard InChI is InChI=1S/C33H27N5O4/c1-32(19-33(38(40)41)25-14-5-3-11-23(25)28(32)24-12-4-6-15-26(24)33)30(39)37-31-35-18-27(36-31)21-10-7-9-20(17-21)22-13-8-16-34-29(22)42-2/h3-18,28H,19H2,1-2H3,(H2,35,36,37,39). The van der Waals surface area contributed by atoms with E-state index in [1.54, 1.807) is 19.5 Å². The van der Waals surface area contributed by atoms with Crippen LogP contribution in [-0.2, 0) is 10.3 Å². The molecule has 2 aromatic heterocycles. The van der Waals surface area contributed by atoms with Crippen molar-refractivity contribution in [2.24, 2.45) is 5.41 Å². The first-order chi connectivity index (χ1) is 20.4. The highest BCUT2D eigenvalue weighted by Crippen LogP contribution is 2.64. The number of aromatic amines is 1. The van der Waals surface area contributed by atoms with Gasteiger partial charge in [0.15, 0.2) is 0 Å². The van der Waals surface area contributed by atoms with Crippen molar-refractivity contribution in [2.45, 2.75) is 24.8 Å². The number of anilines is 1. The number of methoxy groups -OCH3 is 1. The minimum Gasteiger partial charge on any atom is -0.481 e. The average Bonchev–Trinajstić information content (AvgIpc) is 3.49. The first-order valence-corrected chi connectivity index (χ1v) is 13.7. The number of nitrogens with zero attached hydrogens (tertiary/aromatic N) is 3. The summed E-state index contributed by atoms with van der Waals surface area (Å²) in [5.41, 5.74) is 3.60. The van der Waals surface area contributed by atoms with Crippen LogP contribution < -0.4 is 10.1 Å². The number of nitro groups is 1. The Labute approximate surface area is 241 Å². The summed E-state index contributed by atoms with van der Waals surface area (Å²) in [6, 6.07) is 26.5. The van der Waals surface area contributed by atoms with E-state index in [4.69, 9.17) is 4.74 Å². The number of aromatic nitrogens is 3. The number of benzene rings is 3. The topological polar surface area (TPSA) is 123 Å². The van der Waals surface area contributed by atoms with E-state index in [1.165, 1.54) is 0 Å². The lowest BCUT2D eigenvalue weighted by molar-refractivity contribution is -0.573. The first-order valence-electron chi connectivity index (χ1n) is 13.7. The monoisotopic (exact) mass is 557 g/mol. The molecule has 2 N–H and O–H groups in total. The summed E-state index contributed by atoms with van der Waals surface area (Å²) in [7, 11) is 1.58. The summed E-state index contributed by atoms with van der Waals surface area (Å²) >= 11 is 0. The molecule has 0 spiro atoms. The van der Waals surface area contributed by atoms with E-state index in [0.717, 1.165) is 27.8 Å². The third-order valence-corrected chi connectivity index (χ3v) is 8.77. The van der Waals surface area contributed by atoms with Crippen molar-refractivity contribution in [3.05, 3.63) is 130 Å². The summed E-state index contributed by atoms with van der Waals surface area (Å²) in [5, 5.41) is 15.9. The minimum absolute atomic E-state index is 0.0417. The Morgan fingerprint density at radius 2 is 1.69 bits per heavy atom. The second-order valence-corrected chi connectivity index (χ2v) is 11.0. The molecule has 42 heavy (non-hydrogen) atoms. The first kappa shape index (κ1) is 25.6. The predicted octanol–water partition coefficient (Wildman–Crippen LogP) is 6.16. The van der Waals surface area contributed by atoms with Gasteiger partial charge in [0.25, 0.3) is 5.54 Å². The molecule has 2 heterocycles. The Balaban J connectivity index is 1.23. The molecule has 0 saturated carbocycles. The van der Waals surface area contributed by atoms with E-state index in [-0.39, 0.29) is 29.1 Å². The zero-order chi connectivity index (χ0) is 29.1. The van der Waals surface area contributed by atoms with Gasteiger partial charge < -0.3 is 9.72 Å². The van der Waals surface area contributed by atoms with E-state index in [0.29, 0.717) is 22.7 Å². The van der Waals surface area contributed by atoms with Crippen LogP contribution in [0.4, 0.5) is 5.95 Å². The van der Waals surface area contributed by atoms with Crippen LogP contribution in [0, 0.1) is 15.5 Å². The summed E-state index contributed by atoms with van der Waals surface area (Å²) < 4.78 is 5.42. The Morgan fingerprint density at radius 3 is 2.38 bits per heavy atom. The molecule has 3 aromatic carbocycles. The predicted molar refractivity (Wildman–Crippen MR) is 158 cm³/mol. The van der Waals surface area contributed by atoms with E-state index < -0.39 is 11.0 Å². The van der Waals surface area contributed by atoms with Crippen molar-refractivity contribution in [1.82, 2.24) is 15.0 Å². The van der Waals surface area contributed by atoms with Crippen LogP contribution in [0.5, 0.6) is 5.88 Å². The van der Waals surface area contributed by atoms with Crippen LogP contribution in [0.3, 0.4) is 0 Å². The fraction of sp³-hybridized carbons (Fsp3) is 0.182. The fourth-order valence-electron chi connectivity index (χ4n) is 6.95. The third-order valence-electron chi connectivity index (χ3n) is 8.77. The van der Waals surface area contributed by atoms with Crippen LogP contribution >= 0.6 is 0 Å². The Morgan fingerprint density at radius 1 is 1.00 bits per heavy atom. The Hall–Kier alpha value is -5.31. The highest BCUT2D eigenvalue weighted by Gasteiger charge is 2.67. The molecule has 0 fully saturated rings. The quantitative estimate of drug-likeness (QED) is 0.190. The van der Waals surface area contributed by atoms with Gasteiger partial charge in [-0.1, -0.05) is 66.7 Å². The number of carbonyl (C=O) groups is 1. The highest BCUT2D eigenvalue weighted by atomic mass is 16.6. The van der Waals surface area contributed by atoms with Gasteiger partial charge in [-0.25, -0.2) is 9.97 Å². The maximum atomic E-state index is 14.1. The molecule has 3 aliphatic carbocycles. The number of hydrogen-bond acceptors (Lipinski definition) is 6. The molecule has 1 amide bonds. The van der Waals surface area contributed by atoms with Crippen molar-refractivity contribution in [3.8, 4) is 28.3 Å². The van der Waals surface area contributed by atoms with Crippen molar-refractivity contribution in [1.29, 1.82) is 0 Å². The van der Waals surface area contributed by atoms with E-state index >= 15 is 0 Å². The number of imidazole rings is 1. The van der Waals surface area contributed by atoms with E-state index in [1.807, 2.05) is 91.9 Å². The molecule has 2 bridgehead atoms. The average molecular weight is 558 g/mol. The Kier molecular flexibility index (Phi) is 5.72. The second-order valence-electron chi connectivity index (χ2n) is 11.0. The molecule has 208 valence electrons. The molecule has 1 unspecified atom stereocenters. The number of rotatable bonds is 6. The number of H-pyrrole nitrogens is 1. The molecule has 0 saturated heterocycles. The Bertz CT molecular complexity index is 1830. The van der Waals surface area contributed by atoms with Gasteiger partial charge in [0.1, 0.15) is 0 Å². The molecule has 3 aliphatic rings. The van der Waals surface area contributed by atoms with Gasteiger partial charge in [-0.2, -0.15) is 0 Å². The van der Waals surface area contributed by atoms with Gasteiger partial charge in [0.05, 0.1) is 18.2 Å². The number of hydrogen-bond donors (Lipinski definition) is 2. The van der Waals surface area contributed by atoms with Crippen molar-refractivity contribution < 1.29 is 14.5 Å². The zero-order valence-corrected chi connectivity index (χ0v) is 23.0. The lowest BCUT2D eigenvalue weighted by atomic mass is 9.49. The normalized spacial score (nSPS) is 21.7. The molecule has 0 radical (unpaired) electrons. The van der Waals surface area contributed by atoms with Gasteiger partial charge in [-0.3, -0.25) is 20.2 Å². The van der Waals surface area contributed by atoms with Gasteiger partial charge in [-0.05, 0) is 41.8 Å². The summed E-state index contributed by atoms with van der Waals surface area (Å²) in [5.74, 6) is 0.138. The maximum Gasteiger partial charge on any atom is 0.273 e. The third kappa shape index (κ3) is 3.59. The molecule has 9 heteroatoms. The van der Waals surface area contributed by atoms with Crippen LogP contribution in [0.1, 0.15) is 41.5 Å². The summed E-state index contributed by atoms with van der Waals surface area (Å²) in [6.07, 6.45) is 3.45. The van der Waals surface area contributed by atoms with Crippen LogP contribution in [0.15, 0.2) is 97.3 Å². The number of amides is 1. The highest BCUT2D eigenvalue weighted by molar-refractivity contribution is 5.96. The van der Waals surface area contributed by atoms with Gasteiger partial charge in [0, 0.05) is 51.9 Å². The molecule has 1 atom stereocenters. The fourth-order valence-corrected chi connectivity index (χ4v) is 6.95. The van der Waals surface area contributed by atoms with Gasteiger partial charge in [0.2, 0.25) is 17.7 Å². The minimum atomic E-state index is -1.52. The van der Waals surface area contributed by atoms with Crippen molar-refractivity contribution >= 4 is 11.9 Å². The molecule has 0 aliphatic heterocycles. The lowest BCUT2D eigenvalue weighted by Crippen LogP contribution is -2.57. The van der Waals surface area contributed by atoms with E-state index in [2.05, 4.69) is 20.3 Å². The molecular formula is C33H27N5O4. The number of fused-ring (bicyclic) bond motifs is 1. The largest absolute Gasteiger partial charge is 0.481 e. The van der Waals surface area contributed by atoms with Crippen LogP contribution in [0.2, 0.25) is 0 Å². The molecule has 8 rings (SSSR count). The second kappa shape index (κ2) is 9.37. The van der Waals surface area contributed by atoms with Crippen LogP contribution in [0.25, 0.3) is 22.4 Å². The number of carbonyl (C=O) groups excluding carboxylic acids is 1. The lowest BCUT2D eigenvalue weighted by Gasteiger charge is -2.52. The SMILES string of the molecule is COc1ncccc1-c1cccc(-c2c[nH]c(NC(=O)C3(C)CC4([N+](=O)[O-])c5ccccc5C3c3ccccc34)n2)c1. The van der Waals surface area contributed by atoms with Crippen molar-refractivity contribution in [2.75, 3.05) is 12.4 Å². The van der Waals surface area contributed by atoms with Crippen molar-refractivity contribution in [3.63, 3.8) is 0 Å². The van der Waals surface area contributed by atoms with Gasteiger partial charge in [-0.15, -0.1) is 0 Å². The smallest absolute Gasteiger partial charge is 0.273 e. The molecule has 5 aromatic rings. The van der Waals surface area contributed by atoms with Crippen LogP contribution in [-0.4, -0.2) is 32.9 Å². The van der Waals surface area contributed by atoms with Gasteiger partial charge >= 0.3 is 0 Å². The number of ether oxygens (including phenoxy) is 1. The molecule has 9 nitrogen and oxygen atoms in total. The summed E-state index contributed by atoms with van der Waals surface area (Å²) in [6.45, 7) is 1.83. The van der Waals surface area contributed by atoms with E-state index in [9.17, 15) is 14.9 Å². The number of pyridine rings is 1. The maximum absolute atomic E-state index is 14.1.